The molecular weight excluding hydrogens is 403 g/mol. The van der Waals surface area contributed by atoms with Crippen LogP contribution in [0.3, 0.4) is 0 Å². The highest BCUT2D eigenvalue weighted by molar-refractivity contribution is 7.13. The number of carbonyl (C=O) groups is 1. The number of aromatic nitrogens is 3. The van der Waals surface area contributed by atoms with Crippen molar-refractivity contribution >= 4 is 17.2 Å². The Kier molecular flexibility index (Phi) is 6.73. The van der Waals surface area contributed by atoms with Crippen LogP contribution in [-0.2, 0) is 19.6 Å². The molecule has 0 bridgehead atoms. The number of nitrogens with zero attached hydrogens (tertiary/aromatic N) is 5. The number of pyridine rings is 1. The van der Waals surface area contributed by atoms with Crippen molar-refractivity contribution in [3.63, 3.8) is 0 Å². The monoisotopic (exact) mass is 426 g/mol. The number of halogens is 1. The topological polar surface area (TPSA) is 74.2 Å². The SMILES string of the molecule is O=C(NCc1ccc(F)cc1)c1nnc(CN2CCN(Cc3ccccn3)CC2)s1. The number of piperazine rings is 1. The molecule has 0 unspecified atom stereocenters. The van der Waals surface area contributed by atoms with Gasteiger partial charge in [-0.05, 0) is 29.8 Å². The summed E-state index contributed by atoms with van der Waals surface area (Å²) < 4.78 is 13.0. The minimum atomic E-state index is -0.295. The summed E-state index contributed by atoms with van der Waals surface area (Å²) >= 11 is 1.32. The predicted molar refractivity (Wildman–Crippen MR) is 112 cm³/mol. The normalized spacial score (nSPS) is 15.2. The van der Waals surface area contributed by atoms with Crippen LogP contribution in [0, 0.1) is 5.82 Å². The van der Waals surface area contributed by atoms with Gasteiger partial charge in [-0.1, -0.05) is 29.5 Å². The minimum absolute atomic E-state index is 0.261. The van der Waals surface area contributed by atoms with Crippen LogP contribution in [0.1, 0.15) is 26.1 Å². The van der Waals surface area contributed by atoms with Crippen molar-refractivity contribution in [3.8, 4) is 0 Å². The third kappa shape index (κ3) is 5.65. The number of nitrogens with one attached hydrogen (secondary N) is 1. The van der Waals surface area contributed by atoms with Gasteiger partial charge in [-0.15, -0.1) is 10.2 Å². The van der Waals surface area contributed by atoms with Crippen molar-refractivity contribution in [1.29, 1.82) is 0 Å². The molecule has 0 saturated carbocycles. The zero-order chi connectivity index (χ0) is 20.8. The van der Waals surface area contributed by atoms with E-state index in [0.717, 1.165) is 49.0 Å². The second-order valence-electron chi connectivity index (χ2n) is 7.18. The van der Waals surface area contributed by atoms with Crippen LogP contribution in [-0.4, -0.2) is 57.1 Å². The molecule has 1 amide bonds. The molecule has 30 heavy (non-hydrogen) atoms. The molecule has 0 aliphatic carbocycles. The first-order valence-electron chi connectivity index (χ1n) is 9.85. The predicted octanol–water partition coefficient (Wildman–Crippen LogP) is 2.32. The molecule has 0 radical (unpaired) electrons. The molecule has 0 spiro atoms. The molecule has 3 heterocycles. The Morgan fingerprint density at radius 2 is 1.73 bits per heavy atom. The first-order chi connectivity index (χ1) is 14.7. The van der Waals surface area contributed by atoms with Gasteiger partial charge in [-0.2, -0.15) is 0 Å². The summed E-state index contributed by atoms with van der Waals surface area (Å²) in [6.07, 6.45) is 1.83. The first-order valence-corrected chi connectivity index (χ1v) is 10.7. The van der Waals surface area contributed by atoms with E-state index in [-0.39, 0.29) is 11.7 Å². The molecular formula is C21H23FN6OS. The van der Waals surface area contributed by atoms with Crippen LogP contribution in [0.4, 0.5) is 4.39 Å². The second-order valence-corrected chi connectivity index (χ2v) is 8.25. The lowest BCUT2D eigenvalue weighted by atomic mass is 10.2. The number of amides is 1. The molecule has 156 valence electrons. The maximum Gasteiger partial charge on any atom is 0.282 e. The summed E-state index contributed by atoms with van der Waals surface area (Å²) in [4.78, 5) is 21.4. The molecule has 3 aromatic rings. The van der Waals surface area contributed by atoms with Gasteiger partial charge >= 0.3 is 0 Å². The van der Waals surface area contributed by atoms with E-state index < -0.39 is 0 Å². The fourth-order valence-corrected chi connectivity index (χ4v) is 4.09. The molecule has 1 fully saturated rings. The maximum atomic E-state index is 13.0. The van der Waals surface area contributed by atoms with Crippen molar-refractivity contribution < 1.29 is 9.18 Å². The summed E-state index contributed by atoms with van der Waals surface area (Å²) in [6.45, 7) is 5.72. The van der Waals surface area contributed by atoms with Crippen LogP contribution >= 0.6 is 11.3 Å². The fraction of sp³-hybridized carbons (Fsp3) is 0.333. The molecule has 7 nitrogen and oxygen atoms in total. The summed E-state index contributed by atoms with van der Waals surface area (Å²) in [5, 5.41) is 12.2. The van der Waals surface area contributed by atoms with Crippen LogP contribution < -0.4 is 5.32 Å². The summed E-state index contributed by atoms with van der Waals surface area (Å²) in [5.41, 5.74) is 1.92. The highest BCUT2D eigenvalue weighted by Crippen LogP contribution is 2.15. The molecule has 1 saturated heterocycles. The van der Waals surface area contributed by atoms with E-state index in [1.54, 1.807) is 12.1 Å². The Morgan fingerprint density at radius 1 is 1.00 bits per heavy atom. The molecule has 4 rings (SSSR count). The van der Waals surface area contributed by atoms with Gasteiger partial charge in [0.1, 0.15) is 10.8 Å². The van der Waals surface area contributed by atoms with Gasteiger partial charge in [-0.3, -0.25) is 19.6 Å². The van der Waals surface area contributed by atoms with Crippen LogP contribution in [0.5, 0.6) is 0 Å². The molecule has 2 aromatic heterocycles. The molecule has 1 aromatic carbocycles. The van der Waals surface area contributed by atoms with E-state index in [0.29, 0.717) is 18.1 Å². The summed E-state index contributed by atoms with van der Waals surface area (Å²) in [5.74, 6) is -0.556. The summed E-state index contributed by atoms with van der Waals surface area (Å²) in [7, 11) is 0. The molecule has 1 aliphatic heterocycles. The minimum Gasteiger partial charge on any atom is -0.346 e. The first kappa shape index (κ1) is 20.5. The fourth-order valence-electron chi connectivity index (χ4n) is 3.29. The Morgan fingerprint density at radius 3 is 2.43 bits per heavy atom. The number of carbonyl (C=O) groups excluding carboxylic acids is 1. The lowest BCUT2D eigenvalue weighted by molar-refractivity contribution is 0.0950. The quantitative estimate of drug-likeness (QED) is 0.625. The van der Waals surface area contributed by atoms with Crippen molar-refractivity contribution in [2.75, 3.05) is 26.2 Å². The summed E-state index contributed by atoms with van der Waals surface area (Å²) in [6, 6.07) is 12.0. The standard InChI is InChI=1S/C21H23FN6OS/c22-17-6-4-16(5-7-17)13-24-20(29)21-26-25-19(30-21)15-28-11-9-27(10-12-28)14-18-3-1-2-8-23-18/h1-8H,9-15H2,(H,24,29). The number of hydrogen-bond donors (Lipinski definition) is 1. The molecule has 9 heteroatoms. The van der Waals surface area contributed by atoms with E-state index in [1.165, 1.54) is 23.5 Å². The highest BCUT2D eigenvalue weighted by Gasteiger charge is 2.20. The van der Waals surface area contributed by atoms with Gasteiger partial charge in [0.25, 0.3) is 5.91 Å². The van der Waals surface area contributed by atoms with Crippen molar-refractivity contribution in [1.82, 2.24) is 30.3 Å². The Hall–Kier alpha value is -2.75. The van der Waals surface area contributed by atoms with Crippen LogP contribution in [0.2, 0.25) is 0 Å². The van der Waals surface area contributed by atoms with E-state index >= 15 is 0 Å². The van der Waals surface area contributed by atoms with Gasteiger partial charge in [0.2, 0.25) is 5.01 Å². The molecule has 1 aliphatic rings. The van der Waals surface area contributed by atoms with Crippen molar-refractivity contribution in [3.05, 3.63) is 75.8 Å². The average Bonchev–Trinajstić information content (AvgIpc) is 3.24. The third-order valence-electron chi connectivity index (χ3n) is 4.96. The second kappa shape index (κ2) is 9.84. The Balaban J connectivity index is 1.22. The zero-order valence-corrected chi connectivity index (χ0v) is 17.3. The van der Waals surface area contributed by atoms with E-state index in [2.05, 4.69) is 36.4 Å². The Bertz CT molecular complexity index is 957. The van der Waals surface area contributed by atoms with Crippen molar-refractivity contribution in [2.45, 2.75) is 19.6 Å². The maximum absolute atomic E-state index is 13.0. The van der Waals surface area contributed by atoms with E-state index in [1.807, 2.05) is 18.3 Å². The molecule has 0 atom stereocenters. The zero-order valence-electron chi connectivity index (χ0n) is 16.5. The number of rotatable bonds is 7. The van der Waals surface area contributed by atoms with Gasteiger partial charge < -0.3 is 5.32 Å². The lowest BCUT2D eigenvalue weighted by Gasteiger charge is -2.33. The van der Waals surface area contributed by atoms with Gasteiger partial charge in [-0.25, -0.2) is 4.39 Å². The third-order valence-corrected chi connectivity index (χ3v) is 5.87. The van der Waals surface area contributed by atoms with Gasteiger partial charge in [0.05, 0.1) is 12.2 Å². The van der Waals surface area contributed by atoms with E-state index in [9.17, 15) is 9.18 Å². The van der Waals surface area contributed by atoms with Crippen molar-refractivity contribution in [2.24, 2.45) is 0 Å². The largest absolute Gasteiger partial charge is 0.346 e. The van der Waals surface area contributed by atoms with Crippen LogP contribution in [0.25, 0.3) is 0 Å². The number of hydrogen-bond acceptors (Lipinski definition) is 7. The number of benzene rings is 1. The highest BCUT2D eigenvalue weighted by atomic mass is 32.1. The average molecular weight is 427 g/mol. The van der Waals surface area contributed by atoms with Crippen LogP contribution in [0.15, 0.2) is 48.7 Å². The Labute approximate surface area is 178 Å². The van der Waals surface area contributed by atoms with Gasteiger partial charge in [0.15, 0.2) is 0 Å². The van der Waals surface area contributed by atoms with E-state index in [4.69, 9.17) is 0 Å². The smallest absolute Gasteiger partial charge is 0.282 e. The van der Waals surface area contributed by atoms with Gasteiger partial charge in [0, 0.05) is 45.5 Å². The molecule has 1 N–H and O–H groups in total. The lowest BCUT2D eigenvalue weighted by Crippen LogP contribution is -2.45.